The molecule has 3 nitrogen and oxygen atoms in total. The van der Waals surface area contributed by atoms with E-state index in [0.29, 0.717) is 17.1 Å². The van der Waals surface area contributed by atoms with Gasteiger partial charge in [-0.15, -0.1) is 0 Å². The van der Waals surface area contributed by atoms with Gasteiger partial charge in [-0.05, 0) is 36.9 Å². The van der Waals surface area contributed by atoms with E-state index < -0.39 is 0 Å². The van der Waals surface area contributed by atoms with Crippen molar-refractivity contribution in [2.45, 2.75) is 45.6 Å². The Bertz CT molecular complexity index is 617. The van der Waals surface area contributed by atoms with Gasteiger partial charge in [0.2, 0.25) is 0 Å². The van der Waals surface area contributed by atoms with Crippen molar-refractivity contribution in [2.75, 3.05) is 6.54 Å². The zero-order valence-corrected chi connectivity index (χ0v) is 13.1. The lowest BCUT2D eigenvalue weighted by Crippen LogP contribution is -2.55. The van der Waals surface area contributed by atoms with Gasteiger partial charge < -0.3 is 9.72 Å². The number of hydrogen-bond acceptors (Lipinski definition) is 2. The van der Waals surface area contributed by atoms with Crippen molar-refractivity contribution in [3.8, 4) is 0 Å². The Morgan fingerprint density at radius 2 is 2.25 bits per heavy atom. The van der Waals surface area contributed by atoms with Gasteiger partial charge in [0.05, 0.1) is 5.69 Å². The van der Waals surface area contributed by atoms with E-state index in [1.54, 1.807) is 0 Å². The highest BCUT2D eigenvalue weighted by Crippen LogP contribution is 2.53. The topological polar surface area (TPSA) is 29.3 Å². The molecule has 2 aromatic rings. The van der Waals surface area contributed by atoms with Crippen LogP contribution in [0.25, 0.3) is 5.65 Å². The Morgan fingerprint density at radius 1 is 1.45 bits per heavy atom. The van der Waals surface area contributed by atoms with Crippen molar-refractivity contribution >= 4 is 17.2 Å². The molecule has 2 unspecified atom stereocenters. The molecule has 0 saturated heterocycles. The fourth-order valence-electron chi connectivity index (χ4n) is 3.35. The largest absolute Gasteiger partial charge is 0.313 e. The molecule has 0 aromatic carbocycles. The summed E-state index contributed by atoms with van der Waals surface area (Å²) in [6.07, 6.45) is 4.37. The van der Waals surface area contributed by atoms with Gasteiger partial charge in [-0.3, -0.25) is 0 Å². The number of aromatic nitrogens is 2. The molecule has 20 heavy (non-hydrogen) atoms. The van der Waals surface area contributed by atoms with Crippen LogP contribution in [0.1, 0.15) is 45.2 Å². The molecule has 1 N–H and O–H groups in total. The third-order valence-electron chi connectivity index (χ3n) is 4.76. The normalized spacial score (nSPS) is 24.8. The predicted molar refractivity (Wildman–Crippen MR) is 83.4 cm³/mol. The standard InChI is InChI=1S/C16H22ClN3/c1-4-8-18-12-10-11(16(12,2)3)14-15(17)19-13-7-5-6-9-20(13)14/h5-7,9,11-12,18H,4,8,10H2,1-3H3. The maximum Gasteiger partial charge on any atom is 0.151 e. The van der Waals surface area contributed by atoms with E-state index in [2.05, 4.69) is 41.7 Å². The van der Waals surface area contributed by atoms with E-state index in [9.17, 15) is 0 Å². The quantitative estimate of drug-likeness (QED) is 0.926. The summed E-state index contributed by atoms with van der Waals surface area (Å²) in [5, 5.41) is 4.30. The smallest absolute Gasteiger partial charge is 0.151 e. The van der Waals surface area contributed by atoms with Gasteiger partial charge in [-0.2, -0.15) is 0 Å². The lowest BCUT2D eigenvalue weighted by Gasteiger charge is -2.52. The van der Waals surface area contributed by atoms with E-state index in [0.717, 1.165) is 18.6 Å². The van der Waals surface area contributed by atoms with Crippen LogP contribution in [0.5, 0.6) is 0 Å². The van der Waals surface area contributed by atoms with Crippen LogP contribution in [0.2, 0.25) is 5.15 Å². The van der Waals surface area contributed by atoms with Gasteiger partial charge in [0.25, 0.3) is 0 Å². The number of halogens is 1. The summed E-state index contributed by atoms with van der Waals surface area (Å²) in [6, 6.07) is 6.61. The van der Waals surface area contributed by atoms with Crippen LogP contribution in [0.4, 0.5) is 0 Å². The summed E-state index contributed by atoms with van der Waals surface area (Å²) in [5.41, 5.74) is 2.32. The summed E-state index contributed by atoms with van der Waals surface area (Å²) in [4.78, 5) is 4.48. The van der Waals surface area contributed by atoms with Gasteiger partial charge in [-0.1, -0.05) is 38.4 Å². The van der Waals surface area contributed by atoms with Gasteiger partial charge in [0.1, 0.15) is 5.65 Å². The first-order valence-corrected chi connectivity index (χ1v) is 7.79. The third-order valence-corrected chi connectivity index (χ3v) is 5.04. The molecule has 1 aliphatic rings. The van der Waals surface area contributed by atoms with E-state index in [1.165, 1.54) is 12.1 Å². The minimum absolute atomic E-state index is 0.213. The molecule has 0 spiro atoms. The number of hydrogen-bond donors (Lipinski definition) is 1. The molecule has 0 aliphatic heterocycles. The van der Waals surface area contributed by atoms with Gasteiger partial charge in [0.15, 0.2) is 5.15 Å². The SMILES string of the molecule is CCCNC1CC(c2c(Cl)nc3ccccn23)C1(C)C. The zero-order chi connectivity index (χ0) is 14.3. The molecule has 2 heterocycles. The monoisotopic (exact) mass is 291 g/mol. The van der Waals surface area contributed by atoms with Gasteiger partial charge >= 0.3 is 0 Å². The van der Waals surface area contributed by atoms with E-state index in [-0.39, 0.29) is 5.41 Å². The summed E-state index contributed by atoms with van der Waals surface area (Å²) in [5.74, 6) is 0.460. The number of fused-ring (bicyclic) bond motifs is 1. The third kappa shape index (κ3) is 2.04. The second-order valence-electron chi connectivity index (χ2n) is 6.33. The maximum absolute atomic E-state index is 6.40. The van der Waals surface area contributed by atoms with Crippen molar-refractivity contribution in [2.24, 2.45) is 5.41 Å². The van der Waals surface area contributed by atoms with E-state index in [1.807, 2.05) is 18.2 Å². The fraction of sp³-hybridized carbons (Fsp3) is 0.562. The number of nitrogens with one attached hydrogen (secondary N) is 1. The van der Waals surface area contributed by atoms with Crippen molar-refractivity contribution in [1.29, 1.82) is 0 Å². The van der Waals surface area contributed by atoms with Crippen LogP contribution in [-0.4, -0.2) is 22.0 Å². The average molecular weight is 292 g/mol. The van der Waals surface area contributed by atoms with Crippen LogP contribution in [-0.2, 0) is 0 Å². The molecule has 2 atom stereocenters. The lowest BCUT2D eigenvalue weighted by molar-refractivity contribution is 0.0664. The van der Waals surface area contributed by atoms with Crippen LogP contribution in [0, 0.1) is 5.41 Å². The Kier molecular flexibility index (Phi) is 3.51. The van der Waals surface area contributed by atoms with Crippen molar-refractivity contribution < 1.29 is 0 Å². The van der Waals surface area contributed by atoms with Crippen LogP contribution in [0.15, 0.2) is 24.4 Å². The molecule has 0 radical (unpaired) electrons. The second-order valence-corrected chi connectivity index (χ2v) is 6.69. The minimum Gasteiger partial charge on any atom is -0.313 e. The molecule has 1 saturated carbocycles. The fourth-order valence-corrected chi connectivity index (χ4v) is 3.66. The molecule has 3 rings (SSSR count). The molecular formula is C16H22ClN3. The Labute approximate surface area is 125 Å². The van der Waals surface area contributed by atoms with E-state index >= 15 is 0 Å². The van der Waals surface area contributed by atoms with Crippen molar-refractivity contribution in [3.05, 3.63) is 35.2 Å². The Morgan fingerprint density at radius 3 is 2.95 bits per heavy atom. The average Bonchev–Trinajstić information content (AvgIpc) is 2.74. The highest BCUT2D eigenvalue weighted by atomic mass is 35.5. The van der Waals surface area contributed by atoms with Gasteiger partial charge in [-0.25, -0.2) is 4.98 Å². The van der Waals surface area contributed by atoms with E-state index in [4.69, 9.17) is 11.6 Å². The number of pyridine rings is 1. The van der Waals surface area contributed by atoms with Crippen molar-refractivity contribution in [1.82, 2.24) is 14.7 Å². The molecular weight excluding hydrogens is 270 g/mol. The number of imidazole rings is 1. The maximum atomic E-state index is 6.40. The lowest BCUT2D eigenvalue weighted by atomic mass is 9.57. The first-order valence-electron chi connectivity index (χ1n) is 7.41. The Hall–Kier alpha value is -1.06. The van der Waals surface area contributed by atoms with Crippen LogP contribution in [0.3, 0.4) is 0 Å². The molecule has 108 valence electrons. The first-order chi connectivity index (χ1) is 9.55. The summed E-state index contributed by atoms with van der Waals surface area (Å²) in [7, 11) is 0. The molecule has 1 aliphatic carbocycles. The van der Waals surface area contributed by atoms with Crippen LogP contribution >= 0.6 is 11.6 Å². The van der Waals surface area contributed by atoms with Gasteiger partial charge in [0, 0.05) is 18.2 Å². The second kappa shape index (κ2) is 5.05. The molecule has 0 bridgehead atoms. The summed E-state index contributed by atoms with van der Waals surface area (Å²) >= 11 is 6.40. The zero-order valence-electron chi connectivity index (χ0n) is 12.4. The molecule has 1 fully saturated rings. The Balaban J connectivity index is 1.92. The van der Waals surface area contributed by atoms with Crippen molar-refractivity contribution in [3.63, 3.8) is 0 Å². The molecule has 4 heteroatoms. The number of nitrogens with zero attached hydrogens (tertiary/aromatic N) is 2. The number of rotatable bonds is 4. The predicted octanol–water partition coefficient (Wildman–Crippen LogP) is 3.87. The summed E-state index contributed by atoms with van der Waals surface area (Å²) < 4.78 is 2.14. The minimum atomic E-state index is 0.213. The first kappa shape index (κ1) is 13.9. The molecule has 0 amide bonds. The highest BCUT2D eigenvalue weighted by Gasteiger charge is 2.50. The summed E-state index contributed by atoms with van der Waals surface area (Å²) in [6.45, 7) is 7.94. The van der Waals surface area contributed by atoms with Crippen LogP contribution < -0.4 is 5.32 Å². The highest BCUT2D eigenvalue weighted by molar-refractivity contribution is 6.30. The molecule has 2 aromatic heterocycles.